The molecule has 3 N–H and O–H groups in total. The van der Waals surface area contributed by atoms with Gasteiger partial charge in [0.1, 0.15) is 0 Å². The molecule has 0 saturated heterocycles. The second kappa shape index (κ2) is 2.21. The van der Waals surface area contributed by atoms with Crippen LogP contribution >= 0.6 is 23.9 Å². The van der Waals surface area contributed by atoms with Crippen LogP contribution in [0.25, 0.3) is 11.2 Å². The second-order valence-electron chi connectivity index (χ2n) is 1.89. The Hall–Kier alpha value is -1.08. The molecule has 11 heavy (non-hydrogen) atoms. The van der Waals surface area contributed by atoms with Crippen LogP contribution in [0.5, 0.6) is 0 Å². The molecule has 0 aliphatic rings. The quantitative estimate of drug-likeness (QED) is 0.591. The van der Waals surface area contributed by atoms with Gasteiger partial charge in [0.2, 0.25) is 4.77 Å². The average molecular weight is 185 g/mol. The van der Waals surface area contributed by atoms with Gasteiger partial charge in [0, 0.05) is 0 Å². The van der Waals surface area contributed by atoms with E-state index in [2.05, 4.69) is 18.7 Å². The molecular weight excluding hydrogens is 182 g/mol. The van der Waals surface area contributed by atoms with Crippen LogP contribution in [0.4, 0.5) is 5.82 Å². The van der Waals surface area contributed by atoms with E-state index in [1.165, 1.54) is 0 Å². The monoisotopic (exact) mass is 185 g/mol. The minimum Gasteiger partial charge on any atom is -0.382 e. The Morgan fingerprint density at radius 1 is 1.45 bits per heavy atom. The zero-order valence-corrected chi connectivity index (χ0v) is 6.87. The molecule has 0 aromatic carbocycles. The molecule has 0 spiro atoms. The van der Waals surface area contributed by atoms with Crippen LogP contribution in [0, 0.1) is 4.77 Å². The van der Waals surface area contributed by atoms with Crippen molar-refractivity contribution < 1.29 is 0 Å². The minimum atomic E-state index is 0.331. The third kappa shape index (κ3) is 0.976. The summed E-state index contributed by atoms with van der Waals surface area (Å²) in [6.07, 6.45) is 0. The first-order valence-corrected chi connectivity index (χ1v) is 3.89. The van der Waals surface area contributed by atoms with E-state index in [4.69, 9.17) is 18.0 Å². The number of aromatic nitrogens is 4. The summed E-state index contributed by atoms with van der Waals surface area (Å²) in [6.45, 7) is 0. The van der Waals surface area contributed by atoms with E-state index in [1.807, 2.05) is 0 Å². The first-order chi connectivity index (χ1) is 5.27. The van der Waals surface area contributed by atoms with Gasteiger partial charge in [-0.25, -0.2) is 4.98 Å². The fourth-order valence-corrected chi connectivity index (χ4v) is 1.44. The van der Waals surface area contributed by atoms with E-state index in [-0.39, 0.29) is 0 Å². The summed E-state index contributed by atoms with van der Waals surface area (Å²) in [4.78, 5) is 6.59. The number of hydrogen-bond donors (Lipinski definition) is 2. The Labute approximate surface area is 70.6 Å². The third-order valence-corrected chi connectivity index (χ3v) is 1.90. The van der Waals surface area contributed by atoms with Gasteiger partial charge in [-0.2, -0.15) is 8.75 Å². The molecule has 0 radical (unpaired) electrons. The summed E-state index contributed by atoms with van der Waals surface area (Å²) in [5.74, 6) is 0.331. The Morgan fingerprint density at radius 3 is 3.09 bits per heavy atom. The number of anilines is 1. The van der Waals surface area contributed by atoms with Gasteiger partial charge in [0.25, 0.3) is 0 Å². The highest BCUT2D eigenvalue weighted by atomic mass is 32.1. The fraction of sp³-hybridized carbons (Fsp3) is 0. The van der Waals surface area contributed by atoms with E-state index in [0.717, 1.165) is 11.7 Å². The number of hydrogen-bond acceptors (Lipinski definition) is 6. The second-order valence-corrected chi connectivity index (χ2v) is 2.80. The number of nitrogen functional groups attached to an aromatic ring is 1. The Balaban J connectivity index is 3.02. The molecule has 0 amide bonds. The maximum Gasteiger partial charge on any atom is 0.200 e. The Kier molecular flexibility index (Phi) is 1.33. The van der Waals surface area contributed by atoms with Crippen molar-refractivity contribution in [2.45, 2.75) is 0 Å². The molecule has 7 heteroatoms. The van der Waals surface area contributed by atoms with Crippen molar-refractivity contribution in [1.82, 2.24) is 18.7 Å². The summed E-state index contributed by atoms with van der Waals surface area (Å²) >= 11 is 5.86. The minimum absolute atomic E-state index is 0.331. The molecule has 2 aromatic rings. The highest BCUT2D eigenvalue weighted by molar-refractivity contribution is 7.71. The lowest BCUT2D eigenvalue weighted by Gasteiger charge is -1.90. The van der Waals surface area contributed by atoms with Crippen molar-refractivity contribution in [3.63, 3.8) is 0 Å². The number of nitrogens with zero attached hydrogens (tertiary/aromatic N) is 3. The molecule has 0 fully saturated rings. The SMILES string of the molecule is Nc1nc(=S)[nH]c2nsnc12. The van der Waals surface area contributed by atoms with Gasteiger partial charge in [-0.1, -0.05) is 0 Å². The molecule has 2 aromatic heterocycles. The predicted octanol–water partition coefficient (Wildman–Crippen LogP) is 0.726. The van der Waals surface area contributed by atoms with Crippen molar-refractivity contribution >= 4 is 40.9 Å². The molecule has 0 saturated carbocycles. The number of fused-ring (bicyclic) bond motifs is 1. The van der Waals surface area contributed by atoms with E-state index in [1.54, 1.807) is 0 Å². The standard InChI is InChI=1S/C4H3N5S2/c5-2-1-3(9-11-8-1)7-4(10)6-2/h(H3,5,6,7,9,10). The van der Waals surface area contributed by atoms with Gasteiger partial charge < -0.3 is 10.7 Å². The highest BCUT2D eigenvalue weighted by Gasteiger charge is 2.02. The lowest BCUT2D eigenvalue weighted by molar-refractivity contribution is 1.18. The molecule has 0 aliphatic carbocycles. The van der Waals surface area contributed by atoms with Gasteiger partial charge in [-0.3, -0.25) is 0 Å². The Morgan fingerprint density at radius 2 is 2.27 bits per heavy atom. The maximum atomic E-state index is 5.51. The number of nitrogens with one attached hydrogen (secondary N) is 1. The third-order valence-electron chi connectivity index (χ3n) is 1.18. The van der Waals surface area contributed by atoms with Crippen LogP contribution in [0.1, 0.15) is 0 Å². The van der Waals surface area contributed by atoms with Gasteiger partial charge >= 0.3 is 0 Å². The molecule has 0 bridgehead atoms. The van der Waals surface area contributed by atoms with Crippen molar-refractivity contribution in [3.8, 4) is 0 Å². The number of nitrogens with two attached hydrogens (primary N) is 1. The molecule has 2 rings (SSSR count). The summed E-state index contributed by atoms with van der Waals surface area (Å²) in [6, 6.07) is 0. The lowest BCUT2D eigenvalue weighted by Crippen LogP contribution is -1.93. The maximum absolute atomic E-state index is 5.51. The smallest absolute Gasteiger partial charge is 0.200 e. The predicted molar refractivity (Wildman–Crippen MR) is 44.8 cm³/mol. The molecule has 0 unspecified atom stereocenters. The number of aromatic amines is 1. The zero-order chi connectivity index (χ0) is 7.84. The molecule has 0 atom stereocenters. The molecule has 2 heterocycles. The number of H-pyrrole nitrogens is 1. The number of rotatable bonds is 0. The van der Waals surface area contributed by atoms with Crippen LogP contribution in [0.2, 0.25) is 0 Å². The van der Waals surface area contributed by atoms with Crippen LogP contribution in [0.15, 0.2) is 0 Å². The average Bonchev–Trinajstić information content (AvgIpc) is 2.34. The largest absolute Gasteiger partial charge is 0.382 e. The van der Waals surface area contributed by atoms with Crippen LogP contribution < -0.4 is 5.73 Å². The Bertz CT molecular complexity index is 443. The zero-order valence-electron chi connectivity index (χ0n) is 5.24. The van der Waals surface area contributed by atoms with Crippen molar-refractivity contribution in [2.75, 3.05) is 5.73 Å². The molecule has 5 nitrogen and oxygen atoms in total. The van der Waals surface area contributed by atoms with Gasteiger partial charge in [-0.05, 0) is 12.2 Å². The summed E-state index contributed by atoms with van der Waals surface area (Å²) in [7, 11) is 0. The topological polar surface area (TPSA) is 80.5 Å². The highest BCUT2D eigenvalue weighted by Crippen LogP contribution is 2.12. The summed E-state index contributed by atoms with van der Waals surface area (Å²) < 4.78 is 8.19. The summed E-state index contributed by atoms with van der Waals surface area (Å²) in [5, 5.41) is 0. The van der Waals surface area contributed by atoms with Gasteiger partial charge in [-0.15, -0.1) is 0 Å². The normalized spacial score (nSPS) is 10.5. The molecule has 56 valence electrons. The fourth-order valence-electron chi connectivity index (χ4n) is 0.730. The van der Waals surface area contributed by atoms with Crippen LogP contribution in [-0.4, -0.2) is 18.7 Å². The van der Waals surface area contributed by atoms with E-state index >= 15 is 0 Å². The summed E-state index contributed by atoms with van der Waals surface area (Å²) in [5.41, 5.74) is 6.70. The lowest BCUT2D eigenvalue weighted by atomic mass is 10.5. The van der Waals surface area contributed by atoms with Gasteiger partial charge in [0.15, 0.2) is 17.0 Å². The van der Waals surface area contributed by atoms with E-state index in [9.17, 15) is 0 Å². The van der Waals surface area contributed by atoms with Gasteiger partial charge in [0.05, 0.1) is 11.7 Å². The van der Waals surface area contributed by atoms with Crippen molar-refractivity contribution in [1.29, 1.82) is 0 Å². The van der Waals surface area contributed by atoms with Crippen LogP contribution in [-0.2, 0) is 0 Å². The van der Waals surface area contributed by atoms with E-state index < -0.39 is 0 Å². The van der Waals surface area contributed by atoms with Crippen LogP contribution in [0.3, 0.4) is 0 Å². The van der Waals surface area contributed by atoms with Crippen molar-refractivity contribution in [3.05, 3.63) is 4.77 Å². The molecular formula is C4H3N5S2. The van der Waals surface area contributed by atoms with Crippen molar-refractivity contribution in [2.24, 2.45) is 0 Å². The molecule has 0 aliphatic heterocycles. The first kappa shape index (κ1) is 6.62. The first-order valence-electron chi connectivity index (χ1n) is 2.75. The van der Waals surface area contributed by atoms with E-state index in [0.29, 0.717) is 21.8 Å².